The van der Waals surface area contributed by atoms with Gasteiger partial charge in [-0.3, -0.25) is 24.6 Å². The molecular weight excluding hydrogens is 739 g/mol. The monoisotopic (exact) mass is 791 g/mol. The lowest BCUT2D eigenvalue weighted by Gasteiger charge is -2.55. The van der Waals surface area contributed by atoms with Gasteiger partial charge in [0.05, 0.1) is 11.7 Å². The summed E-state index contributed by atoms with van der Waals surface area (Å²) in [5.41, 5.74) is 9.72. The predicted molar refractivity (Wildman–Crippen MR) is 226 cm³/mol. The summed E-state index contributed by atoms with van der Waals surface area (Å²) in [4.78, 5) is 47.0. The number of rotatable bonds is 6. The van der Waals surface area contributed by atoms with Crippen LogP contribution < -0.4 is 19.9 Å². The van der Waals surface area contributed by atoms with Crippen LogP contribution in [0.2, 0.25) is 0 Å². The molecule has 4 aromatic carbocycles. The SMILES string of the molecule is O=C1CC[C@H](N2Cc3cc4c(cc3C2=O)OC[C@@H]2CN(CC3CCC5(CC3)CN(c3ccc([C@@H]6c7ccc(O)cc7CC[C@@H]6c6ccccc6)cc3)C5)CCN42)C(=O)N1. The molecule has 4 atom stereocenters. The van der Waals surface area contributed by atoms with Gasteiger partial charge in [0.25, 0.3) is 5.91 Å². The van der Waals surface area contributed by atoms with E-state index in [0.717, 1.165) is 75.0 Å². The Hall–Kier alpha value is -5.35. The Morgan fingerprint density at radius 1 is 0.797 bits per heavy atom. The topological polar surface area (TPSA) is 106 Å². The average molecular weight is 792 g/mol. The zero-order valence-electron chi connectivity index (χ0n) is 33.7. The first-order chi connectivity index (χ1) is 28.8. The molecule has 4 aromatic rings. The van der Waals surface area contributed by atoms with E-state index in [1.165, 1.54) is 53.6 Å². The van der Waals surface area contributed by atoms with Crippen molar-refractivity contribution in [3.8, 4) is 11.5 Å². The van der Waals surface area contributed by atoms with Crippen LogP contribution in [0, 0.1) is 11.3 Å². The van der Waals surface area contributed by atoms with Crippen molar-refractivity contribution < 1.29 is 24.2 Å². The second-order valence-electron chi connectivity index (χ2n) is 18.6. The van der Waals surface area contributed by atoms with Crippen molar-refractivity contribution in [2.45, 2.75) is 81.8 Å². The summed E-state index contributed by atoms with van der Waals surface area (Å²) in [6.07, 6.45) is 7.85. The first-order valence-electron chi connectivity index (χ1n) is 21.9. The summed E-state index contributed by atoms with van der Waals surface area (Å²) < 4.78 is 6.32. The quantitative estimate of drug-likeness (QED) is 0.211. The Labute approximate surface area is 346 Å². The van der Waals surface area contributed by atoms with E-state index in [1.807, 2.05) is 18.2 Å². The molecule has 7 aliphatic rings. The average Bonchev–Trinajstić information content (AvgIpc) is 3.56. The van der Waals surface area contributed by atoms with Crippen LogP contribution in [0.25, 0.3) is 0 Å². The van der Waals surface area contributed by atoms with Crippen molar-refractivity contribution in [3.05, 3.63) is 118 Å². The minimum atomic E-state index is -0.615. The number of aryl methyl sites for hydroxylation is 1. The number of phenols is 1. The molecule has 3 amide bonds. The Bertz CT molecular complexity index is 2300. The summed E-state index contributed by atoms with van der Waals surface area (Å²) in [5.74, 6) is 1.70. The number of carbonyl (C=O) groups is 3. The molecule has 10 heteroatoms. The van der Waals surface area contributed by atoms with Crippen LogP contribution in [0.15, 0.2) is 84.9 Å². The third-order valence-electron chi connectivity index (χ3n) is 15.1. The third-order valence-corrected chi connectivity index (χ3v) is 15.1. The number of fused-ring (bicyclic) bond motifs is 5. The molecule has 11 rings (SSSR count). The number of nitrogens with zero attached hydrogens (tertiary/aromatic N) is 4. The maximum Gasteiger partial charge on any atom is 0.255 e. The van der Waals surface area contributed by atoms with Gasteiger partial charge in [-0.25, -0.2) is 0 Å². The molecule has 0 aromatic heterocycles. The highest BCUT2D eigenvalue weighted by Gasteiger charge is 2.46. The molecule has 5 aliphatic heterocycles. The van der Waals surface area contributed by atoms with Gasteiger partial charge in [0, 0.05) is 74.8 Å². The van der Waals surface area contributed by atoms with Crippen LogP contribution in [0.4, 0.5) is 11.4 Å². The molecule has 59 heavy (non-hydrogen) atoms. The van der Waals surface area contributed by atoms with Gasteiger partial charge >= 0.3 is 0 Å². The van der Waals surface area contributed by atoms with Crippen molar-refractivity contribution >= 4 is 29.1 Å². The smallest absolute Gasteiger partial charge is 0.255 e. The summed E-state index contributed by atoms with van der Waals surface area (Å²) >= 11 is 0. The number of imide groups is 1. The van der Waals surface area contributed by atoms with Gasteiger partial charge in [-0.1, -0.05) is 48.5 Å². The molecule has 0 bridgehead atoms. The Kier molecular flexibility index (Phi) is 8.98. The fourth-order valence-electron chi connectivity index (χ4n) is 11.9. The minimum Gasteiger partial charge on any atom is -0.508 e. The Morgan fingerprint density at radius 2 is 1.61 bits per heavy atom. The summed E-state index contributed by atoms with van der Waals surface area (Å²) in [6, 6.07) is 30.0. The highest BCUT2D eigenvalue weighted by Crippen LogP contribution is 2.50. The van der Waals surface area contributed by atoms with E-state index < -0.39 is 6.04 Å². The molecule has 1 spiro atoms. The van der Waals surface area contributed by atoms with Crippen molar-refractivity contribution in [1.29, 1.82) is 0 Å². The maximum atomic E-state index is 13.4. The number of carbonyl (C=O) groups excluding carboxylic acids is 3. The number of hydrogen-bond donors (Lipinski definition) is 2. The highest BCUT2D eigenvalue weighted by atomic mass is 16.5. The van der Waals surface area contributed by atoms with E-state index in [0.29, 0.717) is 42.2 Å². The van der Waals surface area contributed by atoms with Crippen LogP contribution in [-0.2, 0) is 22.6 Å². The number of ether oxygens (including phenoxy) is 1. The van der Waals surface area contributed by atoms with Crippen molar-refractivity contribution in [2.75, 3.05) is 55.7 Å². The maximum absolute atomic E-state index is 13.4. The van der Waals surface area contributed by atoms with E-state index in [4.69, 9.17) is 4.74 Å². The van der Waals surface area contributed by atoms with Gasteiger partial charge in [-0.15, -0.1) is 0 Å². The van der Waals surface area contributed by atoms with Crippen molar-refractivity contribution in [3.63, 3.8) is 0 Å². The first kappa shape index (κ1) is 36.7. The molecule has 3 saturated heterocycles. The van der Waals surface area contributed by atoms with E-state index in [9.17, 15) is 19.5 Å². The van der Waals surface area contributed by atoms with Crippen molar-refractivity contribution in [2.24, 2.45) is 11.3 Å². The number of aromatic hydroxyl groups is 1. The summed E-state index contributed by atoms with van der Waals surface area (Å²) in [7, 11) is 0. The molecule has 2 N–H and O–H groups in total. The third kappa shape index (κ3) is 6.55. The number of amides is 3. The van der Waals surface area contributed by atoms with Crippen LogP contribution in [0.1, 0.15) is 95.0 Å². The zero-order chi connectivity index (χ0) is 39.8. The van der Waals surface area contributed by atoms with E-state index in [2.05, 4.69) is 86.7 Å². The lowest BCUT2D eigenvalue weighted by atomic mass is 9.65. The normalized spacial score (nSPS) is 26.4. The molecule has 4 fully saturated rings. The molecule has 1 saturated carbocycles. The molecular formula is C49H53N5O5. The van der Waals surface area contributed by atoms with Crippen LogP contribution >= 0.6 is 0 Å². The minimum absolute atomic E-state index is 0.159. The number of benzene rings is 4. The van der Waals surface area contributed by atoms with Crippen LogP contribution in [-0.4, -0.2) is 90.6 Å². The Morgan fingerprint density at radius 3 is 2.41 bits per heavy atom. The number of nitrogens with one attached hydrogen (secondary N) is 1. The van der Waals surface area contributed by atoms with Crippen molar-refractivity contribution in [1.82, 2.24) is 15.1 Å². The number of hydrogen-bond acceptors (Lipinski definition) is 8. The molecule has 0 radical (unpaired) electrons. The fraction of sp³-hybridized carbons (Fsp3) is 0.449. The van der Waals surface area contributed by atoms with Crippen LogP contribution in [0.3, 0.4) is 0 Å². The van der Waals surface area contributed by atoms with E-state index >= 15 is 0 Å². The van der Waals surface area contributed by atoms with Gasteiger partial charge in [-0.05, 0) is 121 Å². The summed E-state index contributed by atoms with van der Waals surface area (Å²) in [5, 5.41) is 12.7. The van der Waals surface area contributed by atoms with E-state index in [-0.39, 0.29) is 36.1 Å². The number of piperidine rings is 1. The van der Waals surface area contributed by atoms with Gasteiger partial charge in [-0.2, -0.15) is 0 Å². The molecule has 2 aliphatic carbocycles. The first-order valence-corrected chi connectivity index (χ1v) is 21.9. The molecule has 0 unspecified atom stereocenters. The predicted octanol–water partition coefficient (Wildman–Crippen LogP) is 6.59. The fourth-order valence-corrected chi connectivity index (χ4v) is 11.9. The zero-order valence-corrected chi connectivity index (χ0v) is 33.7. The molecule has 5 heterocycles. The van der Waals surface area contributed by atoms with Gasteiger partial charge in [0.15, 0.2) is 0 Å². The van der Waals surface area contributed by atoms with Gasteiger partial charge in [0.2, 0.25) is 11.8 Å². The summed E-state index contributed by atoms with van der Waals surface area (Å²) in [6.45, 7) is 7.34. The van der Waals surface area contributed by atoms with E-state index in [1.54, 1.807) is 4.90 Å². The van der Waals surface area contributed by atoms with Gasteiger partial charge in [0.1, 0.15) is 24.1 Å². The second kappa shape index (κ2) is 14.4. The number of piperazine rings is 1. The lowest BCUT2D eigenvalue weighted by Crippen LogP contribution is -2.59. The second-order valence-corrected chi connectivity index (χ2v) is 18.6. The standard InChI is InChI=1S/C49H53N5O5/c55-38-11-13-40-34(22-38)8-12-39(32-4-2-1-3-5-32)46(40)33-6-9-36(10-7-33)52-29-49(30-52)18-16-31(17-19-49)25-51-20-21-53-37(27-51)28-59-44-24-41-35(23-43(44)53)26-54(48(41)58)42-14-15-45(56)50-47(42)57/h1-7,9-11,13,22-24,31,37,39,42,46,55H,8,12,14-21,25-30H2,(H,50,56,57)/t37-,39+,42-,46-/m0/s1. The Balaban J connectivity index is 0.687. The highest BCUT2D eigenvalue weighted by molar-refractivity contribution is 6.06. The van der Waals surface area contributed by atoms with Gasteiger partial charge < -0.3 is 24.5 Å². The molecule has 10 nitrogen and oxygen atoms in total. The lowest BCUT2D eigenvalue weighted by molar-refractivity contribution is -0.136. The largest absolute Gasteiger partial charge is 0.508 e. The van der Waals surface area contributed by atoms with Crippen LogP contribution in [0.5, 0.6) is 11.5 Å². The molecule has 304 valence electrons. The number of phenolic OH excluding ortho intramolecular Hbond substituents is 1. The number of anilines is 2.